The quantitative estimate of drug-likeness (QED) is 0.418. The van der Waals surface area contributed by atoms with Crippen LogP contribution in [0.5, 0.6) is 17.4 Å². The number of anilines is 2. The van der Waals surface area contributed by atoms with Crippen molar-refractivity contribution in [2.75, 3.05) is 25.6 Å². The van der Waals surface area contributed by atoms with Gasteiger partial charge in [0.1, 0.15) is 11.4 Å². The Balaban J connectivity index is 1.30. The van der Waals surface area contributed by atoms with Gasteiger partial charge in [0.25, 0.3) is 0 Å². The highest BCUT2D eigenvalue weighted by Gasteiger charge is 2.30. The van der Waals surface area contributed by atoms with Crippen molar-refractivity contribution in [3.8, 4) is 17.4 Å². The molecule has 0 radical (unpaired) electrons. The summed E-state index contributed by atoms with van der Waals surface area (Å²) in [6.45, 7) is 1.54. The van der Waals surface area contributed by atoms with Gasteiger partial charge >= 0.3 is 0 Å². The summed E-state index contributed by atoms with van der Waals surface area (Å²) in [6.07, 6.45) is 10.0. The lowest BCUT2D eigenvalue weighted by Crippen LogP contribution is -2.15. The highest BCUT2D eigenvalue weighted by Crippen LogP contribution is 2.40. The average Bonchev–Trinajstić information content (AvgIpc) is 3.50. The Morgan fingerprint density at radius 2 is 1.91 bits per heavy atom. The van der Waals surface area contributed by atoms with Gasteiger partial charge in [-0.1, -0.05) is 0 Å². The van der Waals surface area contributed by atoms with E-state index in [0.29, 0.717) is 23.6 Å². The number of nitrogens with zero attached hydrogens (tertiary/aromatic N) is 5. The Morgan fingerprint density at radius 3 is 2.65 bits per heavy atom. The second-order valence-corrected chi connectivity index (χ2v) is 9.00. The van der Waals surface area contributed by atoms with Gasteiger partial charge in [0.15, 0.2) is 5.75 Å². The molecule has 6 rings (SSSR count). The molecule has 0 atom stereocenters. The fourth-order valence-electron chi connectivity index (χ4n) is 4.46. The third-order valence-electron chi connectivity index (χ3n) is 6.44. The molecule has 9 nitrogen and oxygen atoms in total. The van der Waals surface area contributed by atoms with Crippen LogP contribution >= 0.6 is 0 Å². The summed E-state index contributed by atoms with van der Waals surface area (Å²) in [4.78, 5) is 4.78. The largest absolute Gasteiger partial charge is 0.494 e. The number of nitrogens with one attached hydrogen (secondary N) is 1. The molecule has 4 aromatic rings. The molecule has 1 saturated carbocycles. The van der Waals surface area contributed by atoms with E-state index in [9.17, 15) is 0 Å². The van der Waals surface area contributed by atoms with E-state index < -0.39 is 0 Å². The summed E-state index contributed by atoms with van der Waals surface area (Å²) in [5, 5.41) is 13.5. The number of benzene rings is 1. The Kier molecular flexibility index (Phi) is 5.33. The maximum atomic E-state index is 6.33. The van der Waals surface area contributed by atoms with Gasteiger partial charge in [-0.15, -0.1) is 0 Å². The number of rotatable bonds is 7. The summed E-state index contributed by atoms with van der Waals surface area (Å²) in [5.41, 5.74) is 3.56. The third kappa shape index (κ3) is 4.19. The molecule has 3 aromatic heterocycles. The number of pyridine rings is 1. The molecule has 0 amide bonds. The molecule has 1 saturated heterocycles. The van der Waals surface area contributed by atoms with Crippen molar-refractivity contribution in [1.29, 1.82) is 0 Å². The van der Waals surface area contributed by atoms with E-state index in [0.717, 1.165) is 59.8 Å². The number of hydrogen-bond acceptors (Lipinski definition) is 7. The first kappa shape index (κ1) is 21.0. The Morgan fingerprint density at radius 1 is 1.06 bits per heavy atom. The van der Waals surface area contributed by atoms with Crippen LogP contribution in [0.2, 0.25) is 0 Å². The smallest absolute Gasteiger partial charge is 0.219 e. The van der Waals surface area contributed by atoms with E-state index in [2.05, 4.69) is 15.1 Å². The summed E-state index contributed by atoms with van der Waals surface area (Å²) in [5.74, 6) is 2.40. The van der Waals surface area contributed by atoms with Crippen LogP contribution in [0.3, 0.4) is 0 Å². The van der Waals surface area contributed by atoms with Crippen molar-refractivity contribution < 1.29 is 14.2 Å². The van der Waals surface area contributed by atoms with Crippen LogP contribution < -0.4 is 14.8 Å². The Bertz CT molecular complexity index is 1320. The Labute approximate surface area is 197 Å². The molecule has 34 heavy (non-hydrogen) atoms. The van der Waals surface area contributed by atoms with E-state index in [-0.39, 0.29) is 0 Å². The second-order valence-electron chi connectivity index (χ2n) is 9.00. The first-order valence-electron chi connectivity index (χ1n) is 11.8. The molecule has 0 bridgehead atoms. The van der Waals surface area contributed by atoms with Crippen molar-refractivity contribution >= 4 is 22.3 Å². The van der Waals surface area contributed by atoms with Gasteiger partial charge in [-0.3, -0.25) is 9.36 Å². The SMILES string of the molecule is COc1cc2nc(Oc3cn(C4CC4)nc3C3CCOCC3)ccc2cc1Nc1cnn(C)c1. The van der Waals surface area contributed by atoms with Crippen LogP contribution in [0.25, 0.3) is 10.9 Å². The number of aromatic nitrogens is 5. The molecule has 0 spiro atoms. The first-order valence-corrected chi connectivity index (χ1v) is 11.8. The molecule has 1 N–H and O–H groups in total. The molecule has 1 aromatic carbocycles. The lowest BCUT2D eigenvalue weighted by molar-refractivity contribution is 0.0839. The standard InChI is InChI=1S/C25H28N6O3/c1-30-14-18(13-26-30)27-21-11-17-3-6-24(28-20(17)12-22(21)32-2)34-23-15-31(19-4-5-19)29-25(23)16-7-9-33-10-8-16/h3,6,11-16,19,27H,4-5,7-10H2,1-2H3. The predicted octanol–water partition coefficient (Wildman–Crippen LogP) is 4.94. The zero-order valence-electron chi connectivity index (χ0n) is 19.4. The van der Waals surface area contributed by atoms with Crippen molar-refractivity contribution in [3.63, 3.8) is 0 Å². The zero-order chi connectivity index (χ0) is 23.1. The minimum atomic E-state index is 0.352. The molecule has 2 fully saturated rings. The molecule has 9 heteroatoms. The van der Waals surface area contributed by atoms with Crippen molar-refractivity contribution in [2.24, 2.45) is 7.05 Å². The molecular weight excluding hydrogens is 432 g/mol. The summed E-state index contributed by atoms with van der Waals surface area (Å²) < 4.78 is 21.3. The van der Waals surface area contributed by atoms with E-state index in [4.69, 9.17) is 24.3 Å². The minimum absolute atomic E-state index is 0.352. The monoisotopic (exact) mass is 460 g/mol. The van der Waals surface area contributed by atoms with Gasteiger partial charge in [-0.05, 0) is 37.8 Å². The molecule has 2 aliphatic rings. The fraction of sp³-hybridized carbons (Fsp3) is 0.400. The van der Waals surface area contributed by atoms with Gasteiger partial charge in [0, 0.05) is 49.9 Å². The summed E-state index contributed by atoms with van der Waals surface area (Å²) in [6, 6.07) is 8.37. The number of hydrogen-bond donors (Lipinski definition) is 1. The van der Waals surface area contributed by atoms with Crippen molar-refractivity contribution in [3.05, 3.63) is 48.5 Å². The Hall–Kier alpha value is -3.59. The topological polar surface area (TPSA) is 88.2 Å². The van der Waals surface area contributed by atoms with Gasteiger partial charge in [-0.2, -0.15) is 10.2 Å². The third-order valence-corrected chi connectivity index (χ3v) is 6.44. The molecule has 176 valence electrons. The van der Waals surface area contributed by atoms with E-state index in [1.165, 1.54) is 12.8 Å². The molecule has 1 aliphatic carbocycles. The number of ether oxygens (including phenoxy) is 3. The lowest BCUT2D eigenvalue weighted by Gasteiger charge is -2.21. The van der Waals surface area contributed by atoms with Crippen molar-refractivity contribution in [2.45, 2.75) is 37.6 Å². The summed E-state index contributed by atoms with van der Waals surface area (Å²) in [7, 11) is 3.54. The lowest BCUT2D eigenvalue weighted by atomic mass is 9.96. The van der Waals surface area contributed by atoms with E-state index >= 15 is 0 Å². The van der Waals surface area contributed by atoms with Crippen LogP contribution in [-0.2, 0) is 11.8 Å². The van der Waals surface area contributed by atoms with Gasteiger partial charge < -0.3 is 19.5 Å². The van der Waals surface area contributed by atoms with Crippen LogP contribution in [-0.4, -0.2) is 44.9 Å². The van der Waals surface area contributed by atoms with Gasteiger partial charge in [0.05, 0.1) is 42.4 Å². The molecule has 4 heterocycles. The zero-order valence-corrected chi connectivity index (χ0v) is 19.4. The highest BCUT2D eigenvalue weighted by molar-refractivity contribution is 5.87. The van der Waals surface area contributed by atoms with E-state index in [1.807, 2.05) is 43.7 Å². The van der Waals surface area contributed by atoms with Gasteiger partial charge in [-0.25, -0.2) is 4.98 Å². The van der Waals surface area contributed by atoms with Crippen LogP contribution in [0.4, 0.5) is 11.4 Å². The van der Waals surface area contributed by atoms with Gasteiger partial charge in [0.2, 0.25) is 5.88 Å². The summed E-state index contributed by atoms with van der Waals surface area (Å²) >= 11 is 0. The number of aryl methyl sites for hydroxylation is 1. The highest BCUT2D eigenvalue weighted by atomic mass is 16.5. The minimum Gasteiger partial charge on any atom is -0.494 e. The van der Waals surface area contributed by atoms with Crippen LogP contribution in [0.15, 0.2) is 42.9 Å². The van der Waals surface area contributed by atoms with Crippen LogP contribution in [0, 0.1) is 0 Å². The van der Waals surface area contributed by atoms with Crippen molar-refractivity contribution in [1.82, 2.24) is 24.5 Å². The normalized spacial score (nSPS) is 16.6. The molecular formula is C25H28N6O3. The maximum absolute atomic E-state index is 6.33. The predicted molar refractivity (Wildman–Crippen MR) is 128 cm³/mol. The average molecular weight is 461 g/mol. The molecule has 1 aliphatic heterocycles. The van der Waals surface area contributed by atoms with Crippen LogP contribution in [0.1, 0.15) is 43.3 Å². The number of methoxy groups -OCH3 is 1. The second kappa shape index (κ2) is 8.64. The molecule has 0 unspecified atom stereocenters. The fourth-order valence-corrected chi connectivity index (χ4v) is 4.46. The van der Waals surface area contributed by atoms with E-state index in [1.54, 1.807) is 18.0 Å². The maximum Gasteiger partial charge on any atom is 0.219 e. The first-order chi connectivity index (χ1) is 16.7. The number of fused-ring (bicyclic) bond motifs is 1.